The Kier molecular flexibility index (Phi) is 5.07. The Labute approximate surface area is 159 Å². The molecular weight excluding hydrogens is 340 g/mol. The van der Waals surface area contributed by atoms with Crippen molar-refractivity contribution in [3.05, 3.63) is 72.3 Å². The van der Waals surface area contributed by atoms with Gasteiger partial charge in [-0.15, -0.1) is 0 Å². The van der Waals surface area contributed by atoms with Crippen molar-refractivity contribution in [2.24, 2.45) is 0 Å². The van der Waals surface area contributed by atoms with Gasteiger partial charge in [-0.3, -0.25) is 9.48 Å². The monoisotopic (exact) mass is 364 g/mol. The molecule has 4 rings (SSSR count). The Hall–Kier alpha value is -2.86. The zero-order valence-electron chi connectivity index (χ0n) is 15.5. The highest BCUT2D eigenvalue weighted by atomic mass is 16.5. The van der Waals surface area contributed by atoms with E-state index in [2.05, 4.69) is 16.6 Å². The van der Waals surface area contributed by atoms with Crippen LogP contribution in [0.3, 0.4) is 0 Å². The number of rotatable bonds is 5. The van der Waals surface area contributed by atoms with E-state index in [1.807, 2.05) is 70.8 Å². The fraction of sp³-hybridized carbons (Fsp3) is 0.333. The Morgan fingerprint density at radius 3 is 2.70 bits per heavy atom. The summed E-state index contributed by atoms with van der Waals surface area (Å²) in [6, 6.07) is 12.1. The summed E-state index contributed by atoms with van der Waals surface area (Å²) in [5.41, 5.74) is 3.15. The number of benzene rings is 1. The van der Waals surface area contributed by atoms with Gasteiger partial charge in [-0.05, 0) is 36.8 Å². The number of hydrogen-bond acceptors (Lipinski definition) is 3. The van der Waals surface area contributed by atoms with Gasteiger partial charge in [-0.1, -0.05) is 12.1 Å². The Balaban J connectivity index is 1.38. The number of carbonyl (C=O) groups is 1. The van der Waals surface area contributed by atoms with Gasteiger partial charge in [0.05, 0.1) is 25.8 Å². The normalized spacial score (nSPS) is 17.2. The second-order valence-electron chi connectivity index (χ2n) is 6.76. The van der Waals surface area contributed by atoms with Crippen molar-refractivity contribution in [3.63, 3.8) is 0 Å². The number of morpholine rings is 1. The molecule has 0 N–H and O–H groups in total. The van der Waals surface area contributed by atoms with Gasteiger partial charge in [-0.2, -0.15) is 5.10 Å². The van der Waals surface area contributed by atoms with E-state index in [1.54, 1.807) is 0 Å². The zero-order valence-corrected chi connectivity index (χ0v) is 15.5. The van der Waals surface area contributed by atoms with Crippen LogP contribution in [0.15, 0.2) is 61.2 Å². The smallest absolute Gasteiger partial charge is 0.227 e. The SMILES string of the molecule is CCn1cc(C2CN(C(=O)Cc3ccc(-n4cccc4)cc3)CCO2)cn1. The first kappa shape index (κ1) is 17.5. The molecule has 3 aromatic rings. The van der Waals surface area contributed by atoms with Crippen LogP contribution >= 0.6 is 0 Å². The molecule has 0 radical (unpaired) electrons. The largest absolute Gasteiger partial charge is 0.370 e. The molecular formula is C21H24N4O2. The van der Waals surface area contributed by atoms with E-state index < -0.39 is 0 Å². The third-order valence-corrected chi connectivity index (χ3v) is 4.96. The van der Waals surface area contributed by atoms with Crippen molar-refractivity contribution >= 4 is 5.91 Å². The predicted octanol–water partition coefficient (Wildman–Crippen LogP) is 2.84. The third kappa shape index (κ3) is 3.95. The molecule has 2 aromatic heterocycles. The third-order valence-electron chi connectivity index (χ3n) is 4.96. The van der Waals surface area contributed by atoms with Crippen molar-refractivity contribution in [1.82, 2.24) is 19.2 Å². The summed E-state index contributed by atoms with van der Waals surface area (Å²) in [5, 5.41) is 4.31. The van der Waals surface area contributed by atoms with Crippen LogP contribution in [0, 0.1) is 0 Å². The molecule has 140 valence electrons. The quantitative estimate of drug-likeness (QED) is 0.700. The molecule has 1 aliphatic heterocycles. The molecule has 1 fully saturated rings. The van der Waals surface area contributed by atoms with Gasteiger partial charge < -0.3 is 14.2 Å². The van der Waals surface area contributed by atoms with E-state index >= 15 is 0 Å². The van der Waals surface area contributed by atoms with Crippen LogP contribution in [0.5, 0.6) is 0 Å². The highest BCUT2D eigenvalue weighted by Gasteiger charge is 2.26. The van der Waals surface area contributed by atoms with Crippen molar-refractivity contribution in [2.45, 2.75) is 26.0 Å². The van der Waals surface area contributed by atoms with Crippen molar-refractivity contribution in [2.75, 3.05) is 19.7 Å². The van der Waals surface area contributed by atoms with Crippen LogP contribution in [0.25, 0.3) is 5.69 Å². The lowest BCUT2D eigenvalue weighted by Gasteiger charge is -2.32. The van der Waals surface area contributed by atoms with Gasteiger partial charge in [-0.25, -0.2) is 0 Å². The molecule has 1 aliphatic rings. The Morgan fingerprint density at radius 1 is 1.22 bits per heavy atom. The van der Waals surface area contributed by atoms with E-state index in [0.717, 1.165) is 23.4 Å². The summed E-state index contributed by atoms with van der Waals surface area (Å²) in [6.07, 6.45) is 8.16. The summed E-state index contributed by atoms with van der Waals surface area (Å²) < 4.78 is 9.79. The van der Waals surface area contributed by atoms with Gasteiger partial charge in [0, 0.05) is 42.9 Å². The minimum absolute atomic E-state index is 0.0980. The molecule has 1 amide bonds. The average molecular weight is 364 g/mol. The molecule has 0 saturated carbocycles. The number of nitrogens with zero attached hydrogens (tertiary/aromatic N) is 4. The second-order valence-corrected chi connectivity index (χ2v) is 6.76. The maximum atomic E-state index is 12.8. The van der Waals surface area contributed by atoms with Gasteiger partial charge in [0.2, 0.25) is 5.91 Å². The molecule has 1 aromatic carbocycles. The lowest BCUT2D eigenvalue weighted by molar-refractivity contribution is -0.138. The number of aryl methyl sites for hydroxylation is 1. The van der Waals surface area contributed by atoms with Gasteiger partial charge >= 0.3 is 0 Å². The molecule has 1 atom stereocenters. The van der Waals surface area contributed by atoms with Gasteiger partial charge in [0.15, 0.2) is 0 Å². The average Bonchev–Trinajstić information content (AvgIpc) is 3.41. The maximum absolute atomic E-state index is 12.8. The molecule has 0 bridgehead atoms. The highest BCUT2D eigenvalue weighted by Crippen LogP contribution is 2.22. The molecule has 6 nitrogen and oxygen atoms in total. The molecule has 1 saturated heterocycles. The summed E-state index contributed by atoms with van der Waals surface area (Å²) in [6.45, 7) is 4.65. The maximum Gasteiger partial charge on any atom is 0.227 e. The van der Waals surface area contributed by atoms with E-state index in [9.17, 15) is 4.79 Å². The standard InChI is InChI=1S/C21H24N4O2/c1-2-25-15-18(14-22-25)20-16-24(11-12-27-20)21(26)13-17-5-7-19(8-6-17)23-9-3-4-10-23/h3-10,14-15,20H,2,11-13,16H2,1H3. The van der Waals surface area contributed by atoms with Crippen LogP contribution in [-0.4, -0.2) is 44.9 Å². The van der Waals surface area contributed by atoms with Crippen LogP contribution in [-0.2, 0) is 22.5 Å². The number of ether oxygens (including phenoxy) is 1. The molecule has 0 spiro atoms. The minimum Gasteiger partial charge on any atom is -0.370 e. The van der Waals surface area contributed by atoms with Crippen LogP contribution in [0.1, 0.15) is 24.2 Å². The minimum atomic E-state index is -0.0980. The van der Waals surface area contributed by atoms with E-state index in [1.165, 1.54) is 0 Å². The number of amides is 1. The fourth-order valence-electron chi connectivity index (χ4n) is 3.38. The topological polar surface area (TPSA) is 52.3 Å². The second kappa shape index (κ2) is 7.80. The van der Waals surface area contributed by atoms with Crippen LogP contribution < -0.4 is 0 Å². The van der Waals surface area contributed by atoms with E-state index in [4.69, 9.17) is 4.74 Å². The first-order chi connectivity index (χ1) is 13.2. The number of carbonyl (C=O) groups excluding carboxylic acids is 1. The van der Waals surface area contributed by atoms with E-state index in [0.29, 0.717) is 26.1 Å². The summed E-state index contributed by atoms with van der Waals surface area (Å²) in [7, 11) is 0. The lowest BCUT2D eigenvalue weighted by Crippen LogP contribution is -2.42. The predicted molar refractivity (Wildman–Crippen MR) is 103 cm³/mol. The van der Waals surface area contributed by atoms with Gasteiger partial charge in [0.25, 0.3) is 0 Å². The molecule has 27 heavy (non-hydrogen) atoms. The van der Waals surface area contributed by atoms with Crippen molar-refractivity contribution in [3.8, 4) is 5.69 Å². The molecule has 3 heterocycles. The summed E-state index contributed by atoms with van der Waals surface area (Å²) in [4.78, 5) is 14.7. The lowest BCUT2D eigenvalue weighted by atomic mass is 10.1. The zero-order chi connectivity index (χ0) is 18.6. The van der Waals surface area contributed by atoms with Crippen LogP contribution in [0.2, 0.25) is 0 Å². The van der Waals surface area contributed by atoms with Crippen LogP contribution in [0.4, 0.5) is 0 Å². The first-order valence-corrected chi connectivity index (χ1v) is 9.37. The molecule has 1 unspecified atom stereocenters. The molecule has 0 aliphatic carbocycles. The van der Waals surface area contributed by atoms with E-state index in [-0.39, 0.29) is 12.0 Å². The number of hydrogen-bond donors (Lipinski definition) is 0. The summed E-state index contributed by atoms with van der Waals surface area (Å²) in [5.74, 6) is 0.139. The fourth-order valence-corrected chi connectivity index (χ4v) is 3.38. The molecule has 6 heteroatoms. The first-order valence-electron chi connectivity index (χ1n) is 9.37. The Bertz CT molecular complexity index is 883. The van der Waals surface area contributed by atoms with Crippen molar-refractivity contribution in [1.29, 1.82) is 0 Å². The number of aromatic nitrogens is 3. The summed E-state index contributed by atoms with van der Waals surface area (Å²) >= 11 is 0. The van der Waals surface area contributed by atoms with Crippen molar-refractivity contribution < 1.29 is 9.53 Å². The Morgan fingerprint density at radius 2 is 2.00 bits per heavy atom. The highest BCUT2D eigenvalue weighted by molar-refractivity contribution is 5.79. The van der Waals surface area contributed by atoms with Gasteiger partial charge in [0.1, 0.15) is 6.10 Å².